The second-order valence-electron chi connectivity index (χ2n) is 7.20. The molecule has 0 aliphatic rings. The highest BCUT2D eigenvalue weighted by Crippen LogP contribution is 2.26. The molecule has 0 bridgehead atoms. The Kier molecular flexibility index (Phi) is 4.99. The van der Waals surface area contributed by atoms with Gasteiger partial charge in [-0.3, -0.25) is 4.99 Å². The molecule has 0 radical (unpaired) electrons. The van der Waals surface area contributed by atoms with Crippen LogP contribution in [0.1, 0.15) is 16.7 Å². The van der Waals surface area contributed by atoms with Gasteiger partial charge in [-0.25, -0.2) is 4.98 Å². The highest BCUT2D eigenvalue weighted by Gasteiger charge is 2.08. The van der Waals surface area contributed by atoms with Gasteiger partial charge in [0.05, 0.1) is 5.69 Å². The van der Waals surface area contributed by atoms with Crippen molar-refractivity contribution in [2.24, 2.45) is 4.99 Å². The van der Waals surface area contributed by atoms with Gasteiger partial charge in [0.15, 0.2) is 11.2 Å². The predicted octanol–water partition coefficient (Wildman–Crippen LogP) is 5.94. The maximum atomic E-state index is 10.2. The number of phenols is 1. The van der Waals surface area contributed by atoms with Crippen molar-refractivity contribution in [2.45, 2.75) is 6.42 Å². The fraction of sp³-hybridized carbons (Fsp3) is 0.0385. The Morgan fingerprint density at radius 2 is 1.71 bits per heavy atom. The summed E-state index contributed by atoms with van der Waals surface area (Å²) in [6.07, 6.45) is 4.18. The van der Waals surface area contributed by atoms with E-state index in [1.54, 1.807) is 18.5 Å². The number of aliphatic imine (C=N–C) groups is 1. The monoisotopic (exact) mass is 405 g/mol. The maximum Gasteiger partial charge on any atom is 0.228 e. The first-order valence-electron chi connectivity index (χ1n) is 9.96. The average molecular weight is 405 g/mol. The van der Waals surface area contributed by atoms with E-state index >= 15 is 0 Å². The van der Waals surface area contributed by atoms with E-state index in [0.717, 1.165) is 23.2 Å². The summed E-state index contributed by atoms with van der Waals surface area (Å²) in [7, 11) is 0. The van der Waals surface area contributed by atoms with Crippen molar-refractivity contribution in [3.05, 3.63) is 108 Å². The molecule has 0 amide bonds. The van der Waals surface area contributed by atoms with Gasteiger partial charge in [0.25, 0.3) is 0 Å². The van der Waals surface area contributed by atoms with Crippen LogP contribution < -0.4 is 0 Å². The van der Waals surface area contributed by atoms with Gasteiger partial charge in [0.1, 0.15) is 5.75 Å². The van der Waals surface area contributed by atoms with Gasteiger partial charge in [-0.15, -0.1) is 0 Å². The topological polar surface area (TPSA) is 71.5 Å². The molecule has 0 atom stereocenters. The van der Waals surface area contributed by atoms with Gasteiger partial charge in [0, 0.05) is 23.5 Å². The lowest BCUT2D eigenvalue weighted by atomic mass is 10.0. The summed E-state index contributed by atoms with van der Waals surface area (Å²) in [5.74, 6) is 0.728. The molecule has 0 spiro atoms. The Morgan fingerprint density at radius 1 is 0.871 bits per heavy atom. The quantitative estimate of drug-likeness (QED) is 0.368. The number of hydrogen-bond donors (Lipinski definition) is 1. The van der Waals surface area contributed by atoms with Crippen LogP contribution in [0.2, 0.25) is 0 Å². The van der Waals surface area contributed by atoms with Crippen LogP contribution in [-0.2, 0) is 6.42 Å². The molecule has 0 saturated carbocycles. The zero-order valence-corrected chi connectivity index (χ0v) is 16.6. The lowest BCUT2D eigenvalue weighted by Gasteiger charge is -2.05. The van der Waals surface area contributed by atoms with Crippen LogP contribution in [0.4, 0.5) is 5.69 Å². The smallest absolute Gasteiger partial charge is 0.228 e. The molecule has 0 fully saturated rings. The fourth-order valence-corrected chi connectivity index (χ4v) is 3.38. The van der Waals surface area contributed by atoms with Gasteiger partial charge in [-0.05, 0) is 66.1 Å². The minimum absolute atomic E-state index is 0.205. The van der Waals surface area contributed by atoms with Crippen LogP contribution in [0.25, 0.3) is 22.7 Å². The van der Waals surface area contributed by atoms with Crippen molar-refractivity contribution >= 4 is 23.1 Å². The number of aromatic nitrogens is 2. The third-order valence-electron chi connectivity index (χ3n) is 4.97. The molecular weight excluding hydrogens is 386 g/mol. The highest BCUT2D eigenvalue weighted by molar-refractivity contribution is 5.85. The minimum atomic E-state index is 0.205. The first-order chi connectivity index (χ1) is 15.2. The maximum absolute atomic E-state index is 10.2. The summed E-state index contributed by atoms with van der Waals surface area (Å²) in [5.41, 5.74) is 5.89. The van der Waals surface area contributed by atoms with E-state index in [1.165, 1.54) is 5.56 Å². The van der Waals surface area contributed by atoms with Gasteiger partial charge in [0.2, 0.25) is 5.89 Å². The summed E-state index contributed by atoms with van der Waals surface area (Å²) in [5, 5.41) is 10.2. The standard InChI is InChI=1S/C26H19N3O2/c30-23-13-8-19(15-18-5-2-1-3-6-18)16-21(23)17-28-22-11-9-20(10-12-22)26-29-25-24(31-26)7-4-14-27-25/h1-14,16-17,30H,15H2. The molecule has 3 aromatic carbocycles. The zero-order valence-electron chi connectivity index (χ0n) is 16.6. The Labute approximate surface area is 179 Å². The third-order valence-corrected chi connectivity index (χ3v) is 4.97. The number of pyridine rings is 1. The molecule has 0 aliphatic carbocycles. The summed E-state index contributed by atoms with van der Waals surface area (Å²) in [4.78, 5) is 13.1. The van der Waals surface area contributed by atoms with E-state index in [2.05, 4.69) is 27.1 Å². The summed E-state index contributed by atoms with van der Waals surface area (Å²) >= 11 is 0. The van der Waals surface area contributed by atoms with Crippen LogP contribution in [0.5, 0.6) is 5.75 Å². The van der Waals surface area contributed by atoms with E-state index in [-0.39, 0.29) is 5.75 Å². The van der Waals surface area contributed by atoms with Gasteiger partial charge in [-0.1, -0.05) is 36.4 Å². The van der Waals surface area contributed by atoms with Crippen molar-refractivity contribution in [1.82, 2.24) is 9.97 Å². The van der Waals surface area contributed by atoms with E-state index in [0.29, 0.717) is 22.7 Å². The van der Waals surface area contributed by atoms with Crippen molar-refractivity contribution in [3.8, 4) is 17.2 Å². The molecule has 5 aromatic rings. The van der Waals surface area contributed by atoms with Crippen molar-refractivity contribution in [2.75, 3.05) is 0 Å². The van der Waals surface area contributed by atoms with E-state index in [4.69, 9.17) is 4.42 Å². The number of phenolic OH excluding ortho intramolecular Hbond substituents is 1. The molecule has 5 rings (SSSR count). The normalized spacial score (nSPS) is 11.4. The van der Waals surface area contributed by atoms with Crippen molar-refractivity contribution in [3.63, 3.8) is 0 Å². The molecule has 31 heavy (non-hydrogen) atoms. The second-order valence-corrected chi connectivity index (χ2v) is 7.20. The number of fused-ring (bicyclic) bond motifs is 1. The number of hydrogen-bond acceptors (Lipinski definition) is 5. The lowest BCUT2D eigenvalue weighted by Crippen LogP contribution is -1.91. The van der Waals surface area contributed by atoms with Gasteiger partial charge < -0.3 is 9.52 Å². The largest absolute Gasteiger partial charge is 0.507 e. The summed E-state index contributed by atoms with van der Waals surface area (Å²) < 4.78 is 5.76. The van der Waals surface area contributed by atoms with Crippen molar-refractivity contribution < 1.29 is 9.52 Å². The number of oxazole rings is 1. The van der Waals surface area contributed by atoms with E-state index in [9.17, 15) is 5.11 Å². The van der Waals surface area contributed by atoms with Crippen LogP contribution in [0, 0.1) is 0 Å². The molecular formula is C26H19N3O2. The first kappa shape index (κ1) is 18.8. The van der Waals surface area contributed by atoms with E-state index < -0.39 is 0 Å². The molecule has 0 unspecified atom stereocenters. The molecule has 5 heteroatoms. The fourth-order valence-electron chi connectivity index (χ4n) is 3.38. The number of nitrogens with zero attached hydrogens (tertiary/aromatic N) is 3. The molecule has 1 N–H and O–H groups in total. The van der Waals surface area contributed by atoms with Crippen molar-refractivity contribution in [1.29, 1.82) is 0 Å². The second kappa shape index (κ2) is 8.24. The molecule has 2 heterocycles. The average Bonchev–Trinajstić information content (AvgIpc) is 3.25. The Balaban J connectivity index is 1.34. The molecule has 2 aromatic heterocycles. The molecule has 0 aliphatic heterocycles. The van der Waals surface area contributed by atoms with Crippen LogP contribution >= 0.6 is 0 Å². The van der Waals surface area contributed by atoms with Crippen LogP contribution in [-0.4, -0.2) is 21.3 Å². The predicted molar refractivity (Wildman–Crippen MR) is 122 cm³/mol. The van der Waals surface area contributed by atoms with Crippen LogP contribution in [0.15, 0.2) is 101 Å². The minimum Gasteiger partial charge on any atom is -0.507 e. The number of rotatable bonds is 5. The first-order valence-corrected chi connectivity index (χ1v) is 9.96. The van der Waals surface area contributed by atoms with E-state index in [1.807, 2.05) is 66.7 Å². The third kappa shape index (κ3) is 4.21. The van der Waals surface area contributed by atoms with Crippen LogP contribution in [0.3, 0.4) is 0 Å². The Hall–Kier alpha value is -4.25. The number of aromatic hydroxyl groups is 1. The molecule has 0 saturated heterocycles. The SMILES string of the molecule is Oc1ccc(Cc2ccccc2)cc1C=Nc1ccc(-c2nc3ncccc3o2)cc1. The number of benzene rings is 3. The molecule has 150 valence electrons. The Morgan fingerprint density at radius 3 is 2.52 bits per heavy atom. The summed E-state index contributed by atoms with van der Waals surface area (Å²) in [6, 6.07) is 27.1. The molecule has 5 nitrogen and oxygen atoms in total. The summed E-state index contributed by atoms with van der Waals surface area (Å²) in [6.45, 7) is 0. The zero-order chi connectivity index (χ0) is 21.0. The lowest BCUT2D eigenvalue weighted by molar-refractivity contribution is 0.474. The Bertz CT molecular complexity index is 1320. The highest BCUT2D eigenvalue weighted by atomic mass is 16.3. The van der Waals surface area contributed by atoms with Gasteiger partial charge >= 0.3 is 0 Å². The van der Waals surface area contributed by atoms with Gasteiger partial charge in [-0.2, -0.15) is 4.98 Å².